The molecule has 0 aromatic heterocycles. The predicted octanol–water partition coefficient (Wildman–Crippen LogP) is 4.06. The fourth-order valence-electron chi connectivity index (χ4n) is 3.38. The molecule has 0 saturated carbocycles. The highest BCUT2D eigenvalue weighted by atomic mass is 32.2. The Bertz CT molecular complexity index is 1170. The van der Waals surface area contributed by atoms with Crippen LogP contribution in [0.25, 0.3) is 0 Å². The zero-order valence-corrected chi connectivity index (χ0v) is 21.2. The van der Waals surface area contributed by atoms with E-state index in [0.29, 0.717) is 24.5 Å². The van der Waals surface area contributed by atoms with E-state index in [2.05, 4.69) is 30.8 Å². The number of benzene rings is 3. The molecule has 0 aliphatic heterocycles. The smallest absolute Gasteiger partial charge is 0.261 e. The molecule has 3 aromatic carbocycles. The van der Waals surface area contributed by atoms with Crippen LogP contribution in [-0.4, -0.2) is 44.4 Å². The Kier molecular flexibility index (Phi) is 8.77. The Hall–Kier alpha value is -3.07. The van der Waals surface area contributed by atoms with Gasteiger partial charge in [0.05, 0.1) is 4.90 Å². The van der Waals surface area contributed by atoms with Crippen LogP contribution in [0.3, 0.4) is 0 Å². The van der Waals surface area contributed by atoms with Crippen molar-refractivity contribution in [1.29, 1.82) is 0 Å². The standard InChI is InChI=1S/C27H34N2O5S/c1-27(2,3)21-6-14-26(15-7-21)35(32,33)29-22-8-4-20(5-9-22)16-17-28-18-24(31)19-34-25-12-10-23(30)11-13-25/h4-15,24,28-31H,16-19H2,1-3H3/t24-/m0/s1. The van der Waals surface area contributed by atoms with Crippen LogP contribution in [0.15, 0.2) is 77.7 Å². The summed E-state index contributed by atoms with van der Waals surface area (Å²) in [5.41, 5.74) is 2.58. The third kappa shape index (κ3) is 8.28. The lowest BCUT2D eigenvalue weighted by molar-refractivity contribution is 0.106. The number of phenols is 1. The van der Waals surface area contributed by atoms with Crippen molar-refractivity contribution in [3.63, 3.8) is 0 Å². The van der Waals surface area contributed by atoms with Crippen molar-refractivity contribution in [1.82, 2.24) is 5.32 Å². The van der Waals surface area contributed by atoms with Crippen LogP contribution in [0.2, 0.25) is 0 Å². The van der Waals surface area contributed by atoms with E-state index in [9.17, 15) is 18.6 Å². The lowest BCUT2D eigenvalue weighted by atomic mass is 9.87. The molecule has 0 aliphatic carbocycles. The fraction of sp³-hybridized carbons (Fsp3) is 0.333. The number of phenolic OH excluding ortho intramolecular Hbond substituents is 1. The summed E-state index contributed by atoms with van der Waals surface area (Å²) in [7, 11) is -3.66. The van der Waals surface area contributed by atoms with Gasteiger partial charge in [-0.25, -0.2) is 8.42 Å². The Morgan fingerprint density at radius 3 is 2.14 bits per heavy atom. The highest BCUT2D eigenvalue weighted by Gasteiger charge is 2.17. The molecule has 0 spiro atoms. The van der Waals surface area contributed by atoms with E-state index in [0.717, 1.165) is 17.5 Å². The van der Waals surface area contributed by atoms with Crippen molar-refractivity contribution in [2.75, 3.05) is 24.4 Å². The van der Waals surface area contributed by atoms with Crippen LogP contribution >= 0.6 is 0 Å². The molecule has 0 amide bonds. The van der Waals surface area contributed by atoms with E-state index in [1.165, 1.54) is 12.1 Å². The molecule has 0 radical (unpaired) electrons. The van der Waals surface area contributed by atoms with Crippen LogP contribution in [0.4, 0.5) is 5.69 Å². The first-order valence-corrected chi connectivity index (χ1v) is 13.0. The molecule has 7 nitrogen and oxygen atoms in total. The topological polar surface area (TPSA) is 108 Å². The van der Waals surface area contributed by atoms with Gasteiger partial charge in [-0.3, -0.25) is 4.72 Å². The summed E-state index contributed by atoms with van der Waals surface area (Å²) >= 11 is 0. The normalized spacial score (nSPS) is 12.8. The van der Waals surface area contributed by atoms with Crippen molar-refractivity contribution in [3.05, 3.63) is 83.9 Å². The summed E-state index contributed by atoms with van der Waals surface area (Å²) in [5, 5.41) is 22.5. The average Bonchev–Trinajstić information content (AvgIpc) is 2.82. The molecule has 0 fully saturated rings. The number of nitrogens with one attached hydrogen (secondary N) is 2. The summed E-state index contributed by atoms with van der Waals surface area (Å²) in [6, 6.07) is 20.6. The zero-order chi connectivity index (χ0) is 25.5. The number of rotatable bonds is 11. The molecule has 3 aromatic rings. The highest BCUT2D eigenvalue weighted by Crippen LogP contribution is 2.24. The van der Waals surface area contributed by atoms with Crippen molar-refractivity contribution in [2.45, 2.75) is 43.6 Å². The molecule has 4 N–H and O–H groups in total. The summed E-state index contributed by atoms with van der Waals surface area (Å²) in [4.78, 5) is 0.228. The lowest BCUT2D eigenvalue weighted by Crippen LogP contribution is -2.32. The van der Waals surface area contributed by atoms with E-state index in [-0.39, 0.29) is 22.7 Å². The fourth-order valence-corrected chi connectivity index (χ4v) is 4.44. The first-order valence-electron chi connectivity index (χ1n) is 11.6. The first kappa shape index (κ1) is 26.5. The van der Waals surface area contributed by atoms with Gasteiger partial charge in [-0.2, -0.15) is 0 Å². The van der Waals surface area contributed by atoms with E-state index < -0.39 is 16.1 Å². The first-order chi connectivity index (χ1) is 16.5. The third-order valence-corrected chi connectivity index (χ3v) is 6.88. The number of aromatic hydroxyl groups is 1. The van der Waals surface area contributed by atoms with E-state index in [4.69, 9.17) is 4.74 Å². The van der Waals surface area contributed by atoms with Crippen molar-refractivity contribution < 1.29 is 23.4 Å². The number of sulfonamides is 1. The van der Waals surface area contributed by atoms with Gasteiger partial charge in [0.2, 0.25) is 0 Å². The molecule has 0 heterocycles. The van der Waals surface area contributed by atoms with Crippen molar-refractivity contribution in [2.24, 2.45) is 0 Å². The summed E-state index contributed by atoms with van der Waals surface area (Å²) < 4.78 is 33.5. The molecule has 1 atom stereocenters. The Balaban J connectivity index is 1.42. The number of anilines is 1. The van der Waals surface area contributed by atoms with E-state index in [1.807, 2.05) is 24.3 Å². The van der Waals surface area contributed by atoms with Gasteiger partial charge in [0, 0.05) is 12.2 Å². The SMILES string of the molecule is CC(C)(C)c1ccc(S(=O)(=O)Nc2ccc(CCNC[C@H](O)COc3ccc(O)cc3)cc2)cc1. The quantitative estimate of drug-likeness (QED) is 0.297. The highest BCUT2D eigenvalue weighted by molar-refractivity contribution is 7.92. The summed E-state index contributed by atoms with van der Waals surface area (Å²) in [5.74, 6) is 0.746. The summed E-state index contributed by atoms with van der Waals surface area (Å²) in [6.45, 7) is 7.43. The maximum Gasteiger partial charge on any atom is 0.261 e. The molecule has 0 bridgehead atoms. The molecule has 0 saturated heterocycles. The molecule has 8 heteroatoms. The number of hydrogen-bond acceptors (Lipinski definition) is 6. The molecule has 0 aliphatic rings. The maximum atomic E-state index is 12.7. The number of ether oxygens (including phenoxy) is 1. The maximum absolute atomic E-state index is 12.7. The molecule has 188 valence electrons. The Morgan fingerprint density at radius 1 is 0.914 bits per heavy atom. The number of aliphatic hydroxyl groups is 1. The molecular formula is C27H34N2O5S. The number of aliphatic hydroxyl groups excluding tert-OH is 1. The van der Waals surface area contributed by atoms with Gasteiger partial charge in [-0.1, -0.05) is 45.0 Å². The van der Waals surface area contributed by atoms with Gasteiger partial charge in [0.1, 0.15) is 24.2 Å². The monoisotopic (exact) mass is 498 g/mol. The average molecular weight is 499 g/mol. The van der Waals surface area contributed by atoms with E-state index in [1.54, 1.807) is 36.4 Å². The van der Waals surface area contributed by atoms with Crippen LogP contribution in [0.1, 0.15) is 31.9 Å². The second-order valence-electron chi connectivity index (χ2n) is 9.49. The summed E-state index contributed by atoms with van der Waals surface area (Å²) in [6.07, 6.45) is 0.0605. The van der Waals surface area contributed by atoms with Gasteiger partial charge in [-0.15, -0.1) is 0 Å². The minimum absolute atomic E-state index is 0.0416. The van der Waals surface area contributed by atoms with E-state index >= 15 is 0 Å². The van der Waals surface area contributed by atoms with Gasteiger partial charge in [0.15, 0.2) is 0 Å². The molecule has 35 heavy (non-hydrogen) atoms. The van der Waals surface area contributed by atoms with Gasteiger partial charge in [0.25, 0.3) is 10.0 Å². The lowest BCUT2D eigenvalue weighted by Gasteiger charge is -2.19. The van der Waals surface area contributed by atoms with Crippen LogP contribution in [0.5, 0.6) is 11.5 Å². The Labute approximate surface area is 207 Å². The predicted molar refractivity (Wildman–Crippen MR) is 139 cm³/mol. The molecular weight excluding hydrogens is 464 g/mol. The van der Waals surface area contributed by atoms with Gasteiger partial charge in [-0.05, 0) is 78.0 Å². The van der Waals surface area contributed by atoms with Crippen molar-refractivity contribution in [3.8, 4) is 11.5 Å². The second-order valence-corrected chi connectivity index (χ2v) is 11.2. The Morgan fingerprint density at radius 2 is 1.54 bits per heavy atom. The van der Waals surface area contributed by atoms with Crippen molar-refractivity contribution >= 4 is 15.7 Å². The van der Waals surface area contributed by atoms with Crippen LogP contribution in [-0.2, 0) is 21.9 Å². The zero-order valence-electron chi connectivity index (χ0n) is 20.4. The van der Waals surface area contributed by atoms with Crippen LogP contribution in [0, 0.1) is 0 Å². The minimum Gasteiger partial charge on any atom is -0.508 e. The third-order valence-electron chi connectivity index (χ3n) is 5.49. The van der Waals surface area contributed by atoms with Gasteiger partial charge < -0.3 is 20.3 Å². The largest absolute Gasteiger partial charge is 0.508 e. The molecule has 3 rings (SSSR count). The molecule has 0 unspecified atom stereocenters. The minimum atomic E-state index is -3.66. The number of hydrogen-bond donors (Lipinski definition) is 4. The van der Waals surface area contributed by atoms with Gasteiger partial charge >= 0.3 is 0 Å². The second kappa shape index (κ2) is 11.6. The van der Waals surface area contributed by atoms with Crippen LogP contribution < -0.4 is 14.8 Å².